The molecule has 0 spiro atoms. The Bertz CT molecular complexity index is 1470. The van der Waals surface area contributed by atoms with Crippen LogP contribution in [0.1, 0.15) is 48.7 Å². The van der Waals surface area contributed by atoms with Gasteiger partial charge in [0.05, 0.1) is 23.9 Å². The number of ether oxygens (including phenoxy) is 2. The van der Waals surface area contributed by atoms with Crippen LogP contribution < -0.4 is 20.1 Å². The van der Waals surface area contributed by atoms with Crippen LogP contribution in [0.15, 0.2) is 47.4 Å². The third-order valence-corrected chi connectivity index (χ3v) is 6.88. The molecule has 4 rings (SSSR count). The first-order chi connectivity index (χ1) is 17.9. The van der Waals surface area contributed by atoms with E-state index in [4.69, 9.17) is 9.47 Å². The van der Waals surface area contributed by atoms with Crippen LogP contribution in [0.5, 0.6) is 23.0 Å². The number of carbonyl (C=O) groups is 4. The van der Waals surface area contributed by atoms with Crippen LogP contribution in [0.4, 0.5) is 5.69 Å². The van der Waals surface area contributed by atoms with Gasteiger partial charge in [-0.25, -0.2) is 0 Å². The third kappa shape index (κ3) is 4.07. The minimum absolute atomic E-state index is 0.0169. The molecular weight excluding hydrogens is 492 g/mol. The number of rotatable bonds is 7. The average molecular weight is 521 g/mol. The lowest BCUT2D eigenvalue weighted by molar-refractivity contribution is -0.123. The molecule has 0 saturated carbocycles. The summed E-state index contributed by atoms with van der Waals surface area (Å²) in [5, 5.41) is 27.1. The van der Waals surface area contributed by atoms with E-state index in [1.807, 2.05) is 0 Å². The van der Waals surface area contributed by atoms with Crippen molar-refractivity contribution in [3.05, 3.63) is 64.1 Å². The molecule has 1 aliphatic carbocycles. The van der Waals surface area contributed by atoms with Crippen LogP contribution in [-0.4, -0.2) is 47.1 Å². The number of amides is 1. The van der Waals surface area contributed by atoms with Crippen molar-refractivity contribution in [2.75, 3.05) is 19.0 Å². The van der Waals surface area contributed by atoms with E-state index >= 15 is 0 Å². The second kappa shape index (κ2) is 9.70. The molecule has 0 radical (unpaired) electrons. The van der Waals surface area contributed by atoms with Gasteiger partial charge in [-0.1, -0.05) is 12.1 Å². The highest BCUT2D eigenvalue weighted by Crippen LogP contribution is 2.57. The highest BCUT2D eigenvalue weighted by atomic mass is 16.5. The van der Waals surface area contributed by atoms with Gasteiger partial charge in [0.2, 0.25) is 5.91 Å². The van der Waals surface area contributed by atoms with Crippen molar-refractivity contribution < 1.29 is 38.9 Å². The van der Waals surface area contributed by atoms with Crippen molar-refractivity contribution in [2.24, 2.45) is 0 Å². The third-order valence-electron chi connectivity index (χ3n) is 6.88. The van der Waals surface area contributed by atoms with E-state index in [2.05, 4.69) is 10.6 Å². The van der Waals surface area contributed by atoms with Crippen molar-refractivity contribution >= 4 is 28.9 Å². The number of phenolic OH excluding ortho intramolecular Hbond substituents is 2. The average Bonchev–Trinajstić information content (AvgIpc) is 3.15. The van der Waals surface area contributed by atoms with Crippen molar-refractivity contribution in [3.8, 4) is 23.0 Å². The highest BCUT2D eigenvalue weighted by Gasteiger charge is 2.56. The second-order valence-corrected chi connectivity index (χ2v) is 9.31. The van der Waals surface area contributed by atoms with Gasteiger partial charge < -0.3 is 30.3 Å². The van der Waals surface area contributed by atoms with Gasteiger partial charge in [-0.15, -0.1) is 0 Å². The molecule has 0 saturated heterocycles. The molecular formula is C28H28N2O8. The lowest BCUT2D eigenvalue weighted by Crippen LogP contribution is -2.41. The molecule has 1 amide bonds. The molecule has 198 valence electrons. The molecule has 2 aliphatic rings. The summed E-state index contributed by atoms with van der Waals surface area (Å²) in [4.78, 5) is 51.5. The Labute approximate surface area is 218 Å². The largest absolute Gasteiger partial charge is 0.507 e. The SMILES string of the molecule is COc1ccccc1NC(=O)CCN/C(C)=C1\C(=O)C=C2Oc3c(C(C)=O)c(O)c(C)c(O)c3[C@@]2(C)C1=O. The Balaban J connectivity index is 1.60. The summed E-state index contributed by atoms with van der Waals surface area (Å²) in [6, 6.07) is 6.97. The predicted molar refractivity (Wildman–Crippen MR) is 138 cm³/mol. The van der Waals surface area contributed by atoms with Crippen LogP contribution in [0.3, 0.4) is 0 Å². The first-order valence-electron chi connectivity index (χ1n) is 11.9. The van der Waals surface area contributed by atoms with Gasteiger partial charge in [-0.2, -0.15) is 0 Å². The highest BCUT2D eigenvalue weighted by molar-refractivity contribution is 6.31. The number of Topliss-reactive ketones (excluding diaryl/α,β-unsaturated/α-hetero) is 2. The summed E-state index contributed by atoms with van der Waals surface area (Å²) in [6.07, 6.45) is 1.18. The van der Waals surface area contributed by atoms with Crippen LogP contribution >= 0.6 is 0 Å². The molecule has 1 aliphatic heterocycles. The number of ketones is 3. The molecule has 10 heteroatoms. The van der Waals surface area contributed by atoms with Crippen LogP contribution in [0.2, 0.25) is 0 Å². The first-order valence-corrected chi connectivity index (χ1v) is 11.9. The van der Waals surface area contributed by atoms with Gasteiger partial charge in [-0.3, -0.25) is 19.2 Å². The number of hydrogen-bond acceptors (Lipinski definition) is 9. The Morgan fingerprint density at radius 1 is 1.11 bits per heavy atom. The fourth-order valence-corrected chi connectivity index (χ4v) is 4.77. The van der Waals surface area contributed by atoms with Crippen molar-refractivity contribution in [1.82, 2.24) is 5.32 Å². The Hall–Kier alpha value is -4.60. The van der Waals surface area contributed by atoms with Crippen LogP contribution in [0.25, 0.3) is 0 Å². The van der Waals surface area contributed by atoms with Crippen LogP contribution in [-0.2, 0) is 19.8 Å². The van der Waals surface area contributed by atoms with E-state index in [0.29, 0.717) is 11.4 Å². The summed E-state index contributed by atoms with van der Waals surface area (Å²) < 4.78 is 11.0. The van der Waals surface area contributed by atoms with Crippen molar-refractivity contribution in [1.29, 1.82) is 0 Å². The lowest BCUT2D eigenvalue weighted by atomic mass is 9.70. The molecule has 1 atom stereocenters. The molecule has 0 fully saturated rings. The quantitative estimate of drug-likeness (QED) is 0.245. The van der Waals surface area contributed by atoms with Gasteiger partial charge >= 0.3 is 0 Å². The molecule has 1 heterocycles. The molecule has 4 N–H and O–H groups in total. The summed E-state index contributed by atoms with van der Waals surface area (Å²) in [5.74, 6) is -2.61. The topological polar surface area (TPSA) is 151 Å². The molecule has 0 aromatic heterocycles. The number of phenols is 2. The van der Waals surface area contributed by atoms with E-state index in [1.54, 1.807) is 31.2 Å². The number of anilines is 1. The van der Waals surface area contributed by atoms with Gasteiger partial charge in [-0.05, 0) is 39.8 Å². The first kappa shape index (κ1) is 26.5. The number of allylic oxidation sites excluding steroid dienone is 4. The number of hydrogen-bond donors (Lipinski definition) is 4. The zero-order valence-electron chi connectivity index (χ0n) is 21.6. The summed E-state index contributed by atoms with van der Waals surface area (Å²) in [7, 11) is 1.50. The van der Waals surface area contributed by atoms with E-state index < -0.39 is 34.3 Å². The fourth-order valence-electron chi connectivity index (χ4n) is 4.77. The summed E-state index contributed by atoms with van der Waals surface area (Å²) in [6.45, 7) is 5.81. The summed E-state index contributed by atoms with van der Waals surface area (Å²) >= 11 is 0. The van der Waals surface area contributed by atoms with Gasteiger partial charge in [0.15, 0.2) is 17.3 Å². The Morgan fingerprint density at radius 2 is 1.79 bits per heavy atom. The Morgan fingerprint density at radius 3 is 2.45 bits per heavy atom. The smallest absolute Gasteiger partial charge is 0.226 e. The number of fused-ring (bicyclic) bond motifs is 3. The maximum atomic E-state index is 13.8. The zero-order valence-corrected chi connectivity index (χ0v) is 21.6. The number of benzene rings is 2. The monoisotopic (exact) mass is 520 g/mol. The number of methoxy groups -OCH3 is 1. The standard InChI is InChI=1S/C28H28N2O8/c1-13-24(34)22(15(3)31)26-23(25(13)35)28(4)19(38-26)12-17(32)21(27(28)36)14(2)29-11-10-20(33)30-16-8-6-7-9-18(16)37-5/h6-9,12,29,34-35H,10-11H2,1-5H3,(H,30,33)/b21-14+/t28-/m0/s1. The lowest BCUT2D eigenvalue weighted by Gasteiger charge is -2.29. The number of aromatic hydroxyl groups is 2. The Kier molecular flexibility index (Phi) is 6.75. The van der Waals surface area contributed by atoms with Crippen molar-refractivity contribution in [3.63, 3.8) is 0 Å². The van der Waals surface area contributed by atoms with Crippen LogP contribution in [0, 0.1) is 6.92 Å². The number of nitrogens with one attached hydrogen (secondary N) is 2. The maximum Gasteiger partial charge on any atom is 0.226 e. The molecule has 0 bridgehead atoms. The number of carbonyl (C=O) groups excluding carboxylic acids is 4. The van der Waals surface area contributed by atoms with Crippen molar-refractivity contribution in [2.45, 2.75) is 39.5 Å². The van der Waals surface area contributed by atoms with Gasteiger partial charge in [0.25, 0.3) is 0 Å². The molecule has 38 heavy (non-hydrogen) atoms. The molecule has 2 aromatic rings. The van der Waals surface area contributed by atoms with E-state index in [9.17, 15) is 29.4 Å². The van der Waals surface area contributed by atoms with Gasteiger partial charge in [0, 0.05) is 30.3 Å². The predicted octanol–water partition coefficient (Wildman–Crippen LogP) is 3.20. The van der Waals surface area contributed by atoms with Gasteiger partial charge in [0.1, 0.15) is 39.7 Å². The molecule has 0 unspecified atom stereocenters. The summed E-state index contributed by atoms with van der Waals surface area (Å²) in [5.41, 5.74) is -1.13. The second-order valence-electron chi connectivity index (χ2n) is 9.31. The molecule has 10 nitrogen and oxygen atoms in total. The normalized spacial score (nSPS) is 19.1. The fraction of sp³-hybridized carbons (Fsp3) is 0.286. The zero-order chi connectivity index (χ0) is 27.9. The van der Waals surface area contributed by atoms with E-state index in [1.165, 1.54) is 27.9 Å². The molecule has 2 aromatic carbocycles. The maximum absolute atomic E-state index is 13.8. The van der Waals surface area contributed by atoms with E-state index in [0.717, 1.165) is 6.08 Å². The number of para-hydroxylation sites is 2. The van der Waals surface area contributed by atoms with E-state index in [-0.39, 0.29) is 58.3 Å². The minimum Gasteiger partial charge on any atom is -0.507 e. The minimum atomic E-state index is -1.60.